The number of nitrogens with one attached hydrogen (secondary N) is 2. The van der Waals surface area contributed by atoms with E-state index < -0.39 is 29.7 Å². The lowest BCUT2D eigenvalue weighted by molar-refractivity contribution is -0.138. The van der Waals surface area contributed by atoms with Gasteiger partial charge in [0.15, 0.2) is 0 Å². The molecule has 0 aromatic carbocycles. The van der Waals surface area contributed by atoms with E-state index in [-0.39, 0.29) is 22.8 Å². The van der Waals surface area contributed by atoms with Gasteiger partial charge >= 0.3 is 11.7 Å². The fourth-order valence-corrected chi connectivity index (χ4v) is 2.25. The standard InChI is InChI=1S/C14H16N4O5/c1-6(2)18(5-9(19)20)13(22)8-4-7(3)10-11(15-8)16-14(23)17-12(10)21/h4,6H,5H2,1-3H3,(H,19,20)(H2,15,16,17,21,23). The number of nitrogens with zero attached hydrogens (tertiary/aromatic N) is 2. The van der Waals surface area contributed by atoms with Gasteiger partial charge in [0.05, 0.1) is 5.39 Å². The first-order valence-electron chi connectivity index (χ1n) is 6.87. The molecule has 0 aliphatic heterocycles. The Labute approximate surface area is 130 Å². The van der Waals surface area contributed by atoms with Crippen LogP contribution >= 0.6 is 0 Å². The number of aliphatic carboxylic acids is 1. The Kier molecular flexibility index (Phi) is 4.30. The summed E-state index contributed by atoms with van der Waals surface area (Å²) >= 11 is 0. The molecular formula is C14H16N4O5. The Morgan fingerprint density at radius 3 is 2.52 bits per heavy atom. The minimum atomic E-state index is -1.14. The molecular weight excluding hydrogens is 304 g/mol. The van der Waals surface area contributed by atoms with Crippen LogP contribution in [0, 0.1) is 6.92 Å². The number of H-pyrrole nitrogens is 2. The first kappa shape index (κ1) is 16.4. The molecule has 3 N–H and O–H groups in total. The molecule has 0 radical (unpaired) electrons. The summed E-state index contributed by atoms with van der Waals surface area (Å²) in [6.45, 7) is 4.50. The van der Waals surface area contributed by atoms with E-state index in [0.29, 0.717) is 5.56 Å². The minimum absolute atomic E-state index is 0.0128. The van der Waals surface area contributed by atoms with Crippen molar-refractivity contribution in [1.82, 2.24) is 19.9 Å². The maximum Gasteiger partial charge on any atom is 0.327 e. The summed E-state index contributed by atoms with van der Waals surface area (Å²) in [6, 6.07) is 1.05. The second-order valence-electron chi connectivity index (χ2n) is 5.38. The number of aryl methyl sites for hydroxylation is 1. The number of amides is 1. The van der Waals surface area contributed by atoms with Crippen molar-refractivity contribution in [3.63, 3.8) is 0 Å². The number of carbonyl (C=O) groups excluding carboxylic acids is 1. The molecule has 0 spiro atoms. The van der Waals surface area contributed by atoms with Crippen molar-refractivity contribution >= 4 is 22.9 Å². The van der Waals surface area contributed by atoms with Crippen LogP contribution in [0.5, 0.6) is 0 Å². The lowest BCUT2D eigenvalue weighted by Crippen LogP contribution is -2.41. The van der Waals surface area contributed by atoms with Gasteiger partial charge in [-0.05, 0) is 32.4 Å². The van der Waals surface area contributed by atoms with Gasteiger partial charge in [-0.3, -0.25) is 24.4 Å². The lowest BCUT2D eigenvalue weighted by Gasteiger charge is -2.24. The molecule has 0 unspecified atom stereocenters. The highest BCUT2D eigenvalue weighted by Gasteiger charge is 2.23. The Morgan fingerprint density at radius 2 is 1.96 bits per heavy atom. The predicted molar refractivity (Wildman–Crippen MR) is 81.5 cm³/mol. The van der Waals surface area contributed by atoms with Crippen molar-refractivity contribution in [1.29, 1.82) is 0 Å². The van der Waals surface area contributed by atoms with Gasteiger partial charge in [0, 0.05) is 6.04 Å². The molecule has 0 fully saturated rings. The molecule has 9 heteroatoms. The smallest absolute Gasteiger partial charge is 0.327 e. The molecule has 0 saturated heterocycles. The number of aromatic nitrogens is 3. The predicted octanol–water partition coefficient (Wildman–Crippen LogP) is -0.145. The van der Waals surface area contributed by atoms with Crippen LogP contribution in [0.3, 0.4) is 0 Å². The Morgan fingerprint density at radius 1 is 1.30 bits per heavy atom. The first-order valence-corrected chi connectivity index (χ1v) is 6.87. The Hall–Kier alpha value is -2.97. The molecule has 0 saturated carbocycles. The van der Waals surface area contributed by atoms with Crippen LogP contribution in [0.4, 0.5) is 0 Å². The topological polar surface area (TPSA) is 136 Å². The number of pyridine rings is 1. The highest BCUT2D eigenvalue weighted by molar-refractivity contribution is 5.96. The summed E-state index contributed by atoms with van der Waals surface area (Å²) in [5, 5.41) is 9.10. The Bertz CT molecular complexity index is 896. The molecule has 0 atom stereocenters. The second kappa shape index (κ2) is 6.03. The van der Waals surface area contributed by atoms with E-state index in [9.17, 15) is 19.2 Å². The van der Waals surface area contributed by atoms with Crippen molar-refractivity contribution < 1.29 is 14.7 Å². The third-order valence-corrected chi connectivity index (χ3v) is 3.31. The van der Waals surface area contributed by atoms with Crippen LogP contribution in [-0.4, -0.2) is 49.4 Å². The molecule has 0 aliphatic carbocycles. The zero-order valence-corrected chi connectivity index (χ0v) is 12.8. The molecule has 2 rings (SSSR count). The summed E-state index contributed by atoms with van der Waals surface area (Å²) in [6.07, 6.45) is 0. The fourth-order valence-electron chi connectivity index (χ4n) is 2.25. The molecule has 2 aromatic heterocycles. The summed E-state index contributed by atoms with van der Waals surface area (Å²) < 4.78 is 0. The van der Waals surface area contributed by atoms with Gasteiger partial charge in [0.2, 0.25) is 0 Å². The van der Waals surface area contributed by atoms with E-state index in [4.69, 9.17) is 5.11 Å². The maximum atomic E-state index is 12.5. The number of hydrogen-bond donors (Lipinski definition) is 3. The minimum Gasteiger partial charge on any atom is -0.480 e. The molecule has 1 amide bonds. The number of carbonyl (C=O) groups is 2. The zero-order chi connectivity index (χ0) is 17.3. The van der Waals surface area contributed by atoms with Gasteiger partial charge in [-0.25, -0.2) is 9.78 Å². The van der Waals surface area contributed by atoms with Crippen LogP contribution in [0.25, 0.3) is 11.0 Å². The lowest BCUT2D eigenvalue weighted by atomic mass is 10.1. The number of carboxylic acids is 1. The molecule has 0 bridgehead atoms. The van der Waals surface area contributed by atoms with E-state index in [1.165, 1.54) is 6.07 Å². The highest BCUT2D eigenvalue weighted by Crippen LogP contribution is 2.14. The van der Waals surface area contributed by atoms with Crippen LogP contribution < -0.4 is 11.2 Å². The molecule has 23 heavy (non-hydrogen) atoms. The summed E-state index contributed by atoms with van der Waals surface area (Å²) in [5.41, 5.74) is -0.925. The van der Waals surface area contributed by atoms with Crippen molar-refractivity contribution in [2.45, 2.75) is 26.8 Å². The van der Waals surface area contributed by atoms with Gasteiger partial charge in [-0.2, -0.15) is 0 Å². The number of fused-ring (bicyclic) bond motifs is 1. The summed E-state index contributed by atoms with van der Waals surface area (Å²) in [5.74, 6) is -1.73. The SMILES string of the molecule is Cc1cc(C(=O)N(CC(=O)O)C(C)C)nc2[nH]c(=O)[nH]c(=O)c12. The monoisotopic (exact) mass is 320 g/mol. The van der Waals surface area contributed by atoms with Crippen LogP contribution in [0.1, 0.15) is 29.9 Å². The van der Waals surface area contributed by atoms with Crippen molar-refractivity contribution in [3.8, 4) is 0 Å². The number of hydrogen-bond acceptors (Lipinski definition) is 5. The normalized spacial score (nSPS) is 11.0. The van der Waals surface area contributed by atoms with Crippen molar-refractivity contribution in [2.75, 3.05) is 6.54 Å². The van der Waals surface area contributed by atoms with Crippen LogP contribution in [-0.2, 0) is 4.79 Å². The van der Waals surface area contributed by atoms with E-state index in [1.807, 2.05) is 0 Å². The third-order valence-electron chi connectivity index (χ3n) is 3.31. The first-order chi connectivity index (χ1) is 10.7. The molecule has 2 heterocycles. The third kappa shape index (κ3) is 3.28. The van der Waals surface area contributed by atoms with E-state index >= 15 is 0 Å². The molecule has 0 aliphatic rings. The van der Waals surface area contributed by atoms with Crippen molar-refractivity contribution in [3.05, 3.63) is 38.2 Å². The molecule has 9 nitrogen and oxygen atoms in total. The summed E-state index contributed by atoms with van der Waals surface area (Å²) in [7, 11) is 0. The van der Waals surface area contributed by atoms with Gasteiger partial charge in [0.1, 0.15) is 17.9 Å². The largest absolute Gasteiger partial charge is 0.480 e. The van der Waals surface area contributed by atoms with Crippen molar-refractivity contribution in [2.24, 2.45) is 0 Å². The highest BCUT2D eigenvalue weighted by atomic mass is 16.4. The van der Waals surface area contributed by atoms with E-state index in [0.717, 1.165) is 4.90 Å². The molecule has 2 aromatic rings. The quantitative estimate of drug-likeness (QED) is 0.717. The zero-order valence-electron chi connectivity index (χ0n) is 12.8. The number of aromatic amines is 2. The van der Waals surface area contributed by atoms with E-state index in [2.05, 4.69) is 15.0 Å². The fraction of sp³-hybridized carbons (Fsp3) is 0.357. The average Bonchev–Trinajstić information content (AvgIpc) is 2.42. The van der Waals surface area contributed by atoms with Crippen LogP contribution in [0.15, 0.2) is 15.7 Å². The van der Waals surface area contributed by atoms with E-state index in [1.54, 1.807) is 20.8 Å². The number of rotatable bonds is 4. The van der Waals surface area contributed by atoms with Gasteiger partial charge in [-0.15, -0.1) is 0 Å². The molecule has 122 valence electrons. The maximum absolute atomic E-state index is 12.5. The van der Waals surface area contributed by atoms with Gasteiger partial charge in [0.25, 0.3) is 11.5 Å². The summed E-state index contributed by atoms with van der Waals surface area (Å²) in [4.78, 5) is 56.2. The number of carboxylic acid groups (broad SMARTS) is 1. The van der Waals surface area contributed by atoms with Gasteiger partial charge < -0.3 is 10.0 Å². The average molecular weight is 320 g/mol. The van der Waals surface area contributed by atoms with Crippen LogP contribution in [0.2, 0.25) is 0 Å². The second-order valence-corrected chi connectivity index (χ2v) is 5.38. The Balaban J connectivity index is 2.59. The van der Waals surface area contributed by atoms with Gasteiger partial charge in [-0.1, -0.05) is 0 Å².